The second kappa shape index (κ2) is 5.27. The normalized spacial score (nSPS) is 10.2. The molecule has 1 aromatic heterocycles. The van der Waals surface area contributed by atoms with Crippen LogP contribution in [0, 0.1) is 12.7 Å². The molecule has 1 amide bonds. The fourth-order valence-corrected chi connectivity index (χ4v) is 1.73. The van der Waals surface area contributed by atoms with Gasteiger partial charge in [0, 0.05) is 11.9 Å². The Balaban J connectivity index is 2.22. The Morgan fingerprint density at radius 2 is 2.17 bits per heavy atom. The van der Waals surface area contributed by atoms with Crippen LogP contribution in [0.2, 0.25) is 0 Å². The molecule has 3 nitrogen and oxygen atoms in total. The second-order valence-electron chi connectivity index (χ2n) is 3.75. The van der Waals surface area contributed by atoms with E-state index in [2.05, 4.69) is 26.2 Å². The van der Waals surface area contributed by atoms with Crippen molar-refractivity contribution in [1.29, 1.82) is 0 Å². The van der Waals surface area contributed by atoms with E-state index in [1.807, 2.05) is 0 Å². The van der Waals surface area contributed by atoms with Crippen LogP contribution in [0.25, 0.3) is 0 Å². The van der Waals surface area contributed by atoms with Gasteiger partial charge in [-0.05, 0) is 52.7 Å². The lowest BCUT2D eigenvalue weighted by Gasteiger charge is -2.07. The van der Waals surface area contributed by atoms with Gasteiger partial charge in [0.15, 0.2) is 0 Å². The van der Waals surface area contributed by atoms with Crippen LogP contribution in [0.5, 0.6) is 0 Å². The third-order valence-electron chi connectivity index (χ3n) is 2.40. The maximum Gasteiger partial charge on any atom is 0.274 e. The summed E-state index contributed by atoms with van der Waals surface area (Å²) < 4.78 is 13.7. The number of halogens is 2. The number of hydrogen-bond donors (Lipinski definition) is 1. The van der Waals surface area contributed by atoms with Gasteiger partial charge in [-0.3, -0.25) is 9.78 Å². The summed E-state index contributed by atoms with van der Waals surface area (Å²) in [6.07, 6.45) is 1.55. The summed E-state index contributed by atoms with van der Waals surface area (Å²) in [7, 11) is 0. The highest BCUT2D eigenvalue weighted by atomic mass is 79.9. The van der Waals surface area contributed by atoms with Crippen molar-refractivity contribution >= 4 is 27.5 Å². The fraction of sp³-hybridized carbons (Fsp3) is 0.0769. The van der Waals surface area contributed by atoms with E-state index in [0.29, 0.717) is 15.9 Å². The van der Waals surface area contributed by atoms with E-state index in [1.54, 1.807) is 31.3 Å². The van der Waals surface area contributed by atoms with Crippen molar-refractivity contribution in [3.05, 3.63) is 58.1 Å². The summed E-state index contributed by atoms with van der Waals surface area (Å²) in [6.45, 7) is 1.80. The van der Waals surface area contributed by atoms with Gasteiger partial charge in [0.25, 0.3) is 5.91 Å². The van der Waals surface area contributed by atoms with Crippen LogP contribution in [0.15, 0.2) is 41.0 Å². The predicted molar refractivity (Wildman–Crippen MR) is 71.0 cm³/mol. The van der Waals surface area contributed by atoms with Crippen LogP contribution in [-0.4, -0.2) is 10.9 Å². The number of pyridine rings is 1. The van der Waals surface area contributed by atoms with E-state index in [0.717, 1.165) is 5.56 Å². The minimum Gasteiger partial charge on any atom is -0.321 e. The number of nitrogens with one attached hydrogen (secondary N) is 1. The third-order valence-corrected chi connectivity index (χ3v) is 3.05. The van der Waals surface area contributed by atoms with Crippen LogP contribution in [0.1, 0.15) is 16.1 Å². The maximum atomic E-state index is 13.3. The van der Waals surface area contributed by atoms with Gasteiger partial charge >= 0.3 is 0 Å². The first-order valence-corrected chi connectivity index (χ1v) is 6.05. The van der Waals surface area contributed by atoms with Crippen molar-refractivity contribution in [3.63, 3.8) is 0 Å². The number of benzene rings is 1. The number of aromatic nitrogens is 1. The molecule has 0 bridgehead atoms. The smallest absolute Gasteiger partial charge is 0.274 e. The Hall–Kier alpha value is -1.75. The molecule has 2 aromatic rings. The lowest BCUT2D eigenvalue weighted by atomic mass is 10.2. The van der Waals surface area contributed by atoms with Crippen LogP contribution >= 0.6 is 15.9 Å². The Labute approximate surface area is 112 Å². The minimum atomic E-state index is -0.425. The molecule has 1 aromatic carbocycles. The third kappa shape index (κ3) is 2.73. The minimum absolute atomic E-state index is 0.334. The summed E-state index contributed by atoms with van der Waals surface area (Å²) in [6, 6.07) is 7.95. The van der Waals surface area contributed by atoms with E-state index in [1.165, 1.54) is 12.1 Å². The standard InChI is InChI=1S/C13H10BrFN2O/c1-8-3-2-6-16-12(8)13(18)17-9-4-5-10(14)11(15)7-9/h2-7H,1H3,(H,17,18). The number of carbonyl (C=O) groups excluding carboxylic acids is 1. The molecule has 2 rings (SSSR count). The Morgan fingerprint density at radius 1 is 1.39 bits per heavy atom. The molecule has 0 aliphatic rings. The number of anilines is 1. The van der Waals surface area contributed by atoms with Gasteiger partial charge in [0.05, 0.1) is 4.47 Å². The van der Waals surface area contributed by atoms with Gasteiger partial charge in [-0.2, -0.15) is 0 Å². The molecule has 0 radical (unpaired) electrons. The molecule has 1 heterocycles. The van der Waals surface area contributed by atoms with Gasteiger partial charge in [-0.1, -0.05) is 6.07 Å². The zero-order chi connectivity index (χ0) is 13.1. The molecule has 0 saturated carbocycles. The Bertz CT molecular complexity index is 601. The van der Waals surface area contributed by atoms with Crippen LogP contribution < -0.4 is 5.32 Å². The first-order valence-electron chi connectivity index (χ1n) is 5.26. The highest BCUT2D eigenvalue weighted by Gasteiger charge is 2.11. The van der Waals surface area contributed by atoms with Crippen LogP contribution in [0.4, 0.5) is 10.1 Å². The number of rotatable bonds is 2. The summed E-state index contributed by atoms with van der Waals surface area (Å²) >= 11 is 3.05. The lowest BCUT2D eigenvalue weighted by molar-refractivity contribution is 0.102. The van der Waals surface area contributed by atoms with Crippen molar-refractivity contribution in [2.24, 2.45) is 0 Å². The predicted octanol–water partition coefficient (Wildman–Crippen LogP) is 3.54. The van der Waals surface area contributed by atoms with E-state index in [4.69, 9.17) is 0 Å². The summed E-state index contributed by atoms with van der Waals surface area (Å²) in [5, 5.41) is 2.60. The average molecular weight is 309 g/mol. The van der Waals surface area contributed by atoms with Gasteiger partial charge in [0.1, 0.15) is 11.5 Å². The van der Waals surface area contributed by atoms with Crippen molar-refractivity contribution in [2.75, 3.05) is 5.32 Å². The molecule has 5 heteroatoms. The SMILES string of the molecule is Cc1cccnc1C(=O)Nc1ccc(Br)c(F)c1. The highest BCUT2D eigenvalue weighted by molar-refractivity contribution is 9.10. The summed E-state index contributed by atoms with van der Waals surface area (Å²) in [5.41, 5.74) is 1.50. The number of hydrogen-bond acceptors (Lipinski definition) is 2. The number of aryl methyl sites for hydroxylation is 1. The van der Waals surface area contributed by atoms with E-state index < -0.39 is 5.82 Å². The molecule has 1 N–H and O–H groups in total. The van der Waals surface area contributed by atoms with Gasteiger partial charge in [-0.15, -0.1) is 0 Å². The quantitative estimate of drug-likeness (QED) is 0.922. The van der Waals surface area contributed by atoms with Crippen molar-refractivity contribution < 1.29 is 9.18 Å². The molecule has 0 saturated heterocycles. The monoisotopic (exact) mass is 308 g/mol. The van der Waals surface area contributed by atoms with Crippen LogP contribution in [0.3, 0.4) is 0 Å². The largest absolute Gasteiger partial charge is 0.321 e. The van der Waals surface area contributed by atoms with Gasteiger partial charge in [0.2, 0.25) is 0 Å². The molecule has 18 heavy (non-hydrogen) atoms. The number of nitrogens with zero attached hydrogens (tertiary/aromatic N) is 1. The van der Waals surface area contributed by atoms with Crippen molar-refractivity contribution in [3.8, 4) is 0 Å². The maximum absolute atomic E-state index is 13.3. The second-order valence-corrected chi connectivity index (χ2v) is 4.61. The molecular formula is C13H10BrFN2O. The molecule has 0 spiro atoms. The molecule has 0 aliphatic carbocycles. The fourth-order valence-electron chi connectivity index (χ4n) is 1.49. The molecular weight excluding hydrogens is 299 g/mol. The summed E-state index contributed by atoms with van der Waals surface area (Å²) in [5.74, 6) is -0.777. The van der Waals surface area contributed by atoms with E-state index in [9.17, 15) is 9.18 Å². The lowest BCUT2D eigenvalue weighted by Crippen LogP contribution is -2.15. The molecule has 0 aliphatic heterocycles. The first kappa shape index (κ1) is 12.7. The number of carbonyl (C=O) groups is 1. The molecule has 92 valence electrons. The Morgan fingerprint density at radius 3 is 2.83 bits per heavy atom. The van der Waals surface area contributed by atoms with Gasteiger partial charge < -0.3 is 5.32 Å². The first-order chi connectivity index (χ1) is 8.58. The van der Waals surface area contributed by atoms with E-state index in [-0.39, 0.29) is 5.91 Å². The van der Waals surface area contributed by atoms with Crippen molar-refractivity contribution in [2.45, 2.75) is 6.92 Å². The van der Waals surface area contributed by atoms with Crippen LogP contribution in [-0.2, 0) is 0 Å². The summed E-state index contributed by atoms with van der Waals surface area (Å²) in [4.78, 5) is 15.9. The van der Waals surface area contributed by atoms with Gasteiger partial charge in [-0.25, -0.2) is 4.39 Å². The van der Waals surface area contributed by atoms with E-state index >= 15 is 0 Å². The molecule has 0 atom stereocenters. The number of amides is 1. The molecule has 0 fully saturated rings. The topological polar surface area (TPSA) is 42.0 Å². The van der Waals surface area contributed by atoms with Crippen molar-refractivity contribution in [1.82, 2.24) is 4.98 Å². The zero-order valence-corrected chi connectivity index (χ0v) is 11.2. The highest BCUT2D eigenvalue weighted by Crippen LogP contribution is 2.19. The Kier molecular flexibility index (Phi) is 3.72. The molecule has 0 unspecified atom stereocenters. The average Bonchev–Trinajstić information content (AvgIpc) is 2.34. The zero-order valence-electron chi connectivity index (χ0n) is 9.58.